The second kappa shape index (κ2) is 2.98. The first-order valence-electron chi connectivity index (χ1n) is 4.44. The van der Waals surface area contributed by atoms with Gasteiger partial charge in [-0.25, -0.2) is 0 Å². The lowest BCUT2D eigenvalue weighted by atomic mass is 10.2. The molecule has 0 saturated heterocycles. The van der Waals surface area contributed by atoms with E-state index in [1.165, 1.54) is 6.07 Å². The second-order valence-electron chi connectivity index (χ2n) is 3.20. The van der Waals surface area contributed by atoms with Crippen LogP contribution in [0.1, 0.15) is 12.7 Å². The minimum absolute atomic E-state index is 0.0281. The molecule has 0 fully saturated rings. The zero-order chi connectivity index (χ0) is 11.2. The monoisotopic (exact) mass is 210 g/mol. The van der Waals surface area contributed by atoms with Gasteiger partial charge in [-0.3, -0.25) is 0 Å². The second-order valence-corrected chi connectivity index (χ2v) is 3.20. The van der Waals surface area contributed by atoms with E-state index in [0.717, 1.165) is 0 Å². The molecule has 0 amide bonds. The molecule has 0 aliphatic rings. The van der Waals surface area contributed by atoms with Crippen molar-refractivity contribution >= 4 is 11.0 Å². The van der Waals surface area contributed by atoms with Crippen LogP contribution in [0.25, 0.3) is 11.0 Å². The average molecular weight is 210 g/mol. The van der Waals surface area contributed by atoms with Crippen LogP contribution in [-0.2, 0) is 6.42 Å². The first-order chi connectivity index (χ1) is 7.06. The first-order valence-corrected chi connectivity index (χ1v) is 4.44. The smallest absolute Gasteiger partial charge is 0.208 e. The van der Waals surface area contributed by atoms with Crippen LogP contribution in [0.3, 0.4) is 0 Å². The Labute approximate surface area is 84.8 Å². The van der Waals surface area contributed by atoms with Crippen molar-refractivity contribution in [1.82, 2.24) is 0 Å². The number of hydrogen-bond acceptors (Lipinski definition) is 5. The maximum atomic E-state index is 9.49. The molecule has 2 aromatic rings. The summed E-state index contributed by atoms with van der Waals surface area (Å²) >= 11 is 0. The van der Waals surface area contributed by atoms with Crippen molar-refractivity contribution in [1.29, 1.82) is 0 Å². The van der Waals surface area contributed by atoms with Gasteiger partial charge in [-0.15, -0.1) is 0 Å². The number of phenolic OH excluding ortho intramolecular Hbond substituents is 4. The SMILES string of the molecule is CCc1cc2c(O)c(O)c(O)c(O)c2o1. The van der Waals surface area contributed by atoms with Gasteiger partial charge < -0.3 is 24.8 Å². The van der Waals surface area contributed by atoms with Crippen molar-refractivity contribution in [3.8, 4) is 23.0 Å². The molecule has 1 heterocycles. The van der Waals surface area contributed by atoms with Crippen LogP contribution in [0.4, 0.5) is 0 Å². The molecule has 1 aromatic carbocycles. The Hall–Kier alpha value is -2.04. The predicted molar refractivity (Wildman–Crippen MR) is 52.3 cm³/mol. The van der Waals surface area contributed by atoms with Crippen molar-refractivity contribution in [3.05, 3.63) is 11.8 Å². The topological polar surface area (TPSA) is 94.1 Å². The molecule has 0 saturated carbocycles. The Morgan fingerprint density at radius 2 is 1.60 bits per heavy atom. The summed E-state index contributed by atoms with van der Waals surface area (Å²) in [7, 11) is 0. The Morgan fingerprint density at radius 3 is 2.20 bits per heavy atom. The van der Waals surface area contributed by atoms with Crippen molar-refractivity contribution < 1.29 is 24.8 Å². The molecule has 0 aliphatic carbocycles. The highest BCUT2D eigenvalue weighted by Crippen LogP contribution is 2.49. The molecule has 0 radical (unpaired) electrons. The van der Waals surface area contributed by atoms with E-state index >= 15 is 0 Å². The lowest BCUT2D eigenvalue weighted by Crippen LogP contribution is -1.75. The number of aryl methyl sites for hydroxylation is 1. The fourth-order valence-corrected chi connectivity index (χ4v) is 1.43. The van der Waals surface area contributed by atoms with Gasteiger partial charge in [0.05, 0.1) is 5.39 Å². The molecule has 5 heteroatoms. The largest absolute Gasteiger partial charge is 0.504 e. The molecule has 0 bridgehead atoms. The Morgan fingerprint density at radius 1 is 1.00 bits per heavy atom. The fourth-order valence-electron chi connectivity index (χ4n) is 1.43. The van der Waals surface area contributed by atoms with Crippen LogP contribution in [0, 0.1) is 0 Å². The lowest BCUT2D eigenvalue weighted by Gasteiger charge is -2.03. The third-order valence-electron chi connectivity index (χ3n) is 2.27. The highest BCUT2D eigenvalue weighted by atomic mass is 16.4. The number of hydrogen-bond donors (Lipinski definition) is 4. The van der Waals surface area contributed by atoms with E-state index in [4.69, 9.17) is 4.42 Å². The van der Waals surface area contributed by atoms with Gasteiger partial charge in [0.15, 0.2) is 11.3 Å². The molecule has 2 rings (SSSR count). The molecule has 15 heavy (non-hydrogen) atoms. The lowest BCUT2D eigenvalue weighted by molar-refractivity contribution is 0.347. The summed E-state index contributed by atoms with van der Waals surface area (Å²) in [4.78, 5) is 0. The van der Waals surface area contributed by atoms with Crippen LogP contribution < -0.4 is 0 Å². The van der Waals surface area contributed by atoms with Gasteiger partial charge in [-0.1, -0.05) is 6.92 Å². The maximum Gasteiger partial charge on any atom is 0.208 e. The Balaban J connectivity index is 2.90. The van der Waals surface area contributed by atoms with Crippen molar-refractivity contribution in [3.63, 3.8) is 0 Å². The van der Waals surface area contributed by atoms with Gasteiger partial charge in [0.25, 0.3) is 0 Å². The number of aromatic hydroxyl groups is 4. The zero-order valence-corrected chi connectivity index (χ0v) is 7.98. The van der Waals surface area contributed by atoms with E-state index in [9.17, 15) is 20.4 Å². The Kier molecular flexibility index (Phi) is 1.89. The summed E-state index contributed by atoms with van der Waals surface area (Å²) in [5.41, 5.74) is -0.0281. The maximum absolute atomic E-state index is 9.49. The summed E-state index contributed by atoms with van der Waals surface area (Å²) < 4.78 is 5.18. The molecular weight excluding hydrogens is 200 g/mol. The van der Waals surface area contributed by atoms with E-state index in [1.54, 1.807) is 0 Å². The Bertz CT molecular complexity index is 481. The number of benzene rings is 1. The molecule has 4 N–H and O–H groups in total. The number of phenols is 4. The molecule has 0 unspecified atom stereocenters. The van der Waals surface area contributed by atoms with Crippen LogP contribution in [-0.4, -0.2) is 20.4 Å². The van der Waals surface area contributed by atoms with Gasteiger partial charge in [0.2, 0.25) is 17.2 Å². The van der Waals surface area contributed by atoms with E-state index in [-0.39, 0.29) is 11.0 Å². The first kappa shape index (κ1) is 9.51. The highest BCUT2D eigenvalue weighted by molar-refractivity contribution is 5.94. The standard InChI is InChI=1S/C10H10O5/c1-2-4-3-5-6(11)7(12)8(13)9(14)10(5)15-4/h3,11-14H,2H2,1H3. The van der Waals surface area contributed by atoms with E-state index in [2.05, 4.69) is 0 Å². The van der Waals surface area contributed by atoms with E-state index < -0.39 is 23.0 Å². The number of fused-ring (bicyclic) bond motifs is 1. The molecule has 80 valence electrons. The summed E-state index contributed by atoms with van der Waals surface area (Å²) in [6, 6.07) is 1.50. The summed E-state index contributed by atoms with van der Waals surface area (Å²) in [5, 5.41) is 37.6. The zero-order valence-electron chi connectivity index (χ0n) is 7.98. The normalized spacial score (nSPS) is 11.0. The van der Waals surface area contributed by atoms with Crippen molar-refractivity contribution in [2.45, 2.75) is 13.3 Å². The molecule has 0 aliphatic heterocycles. The van der Waals surface area contributed by atoms with Crippen LogP contribution in [0.5, 0.6) is 23.0 Å². The highest BCUT2D eigenvalue weighted by Gasteiger charge is 2.21. The fraction of sp³-hybridized carbons (Fsp3) is 0.200. The van der Waals surface area contributed by atoms with Crippen LogP contribution in [0.15, 0.2) is 10.5 Å². The molecular formula is C10H10O5. The third-order valence-corrected chi connectivity index (χ3v) is 2.27. The molecule has 1 aromatic heterocycles. The molecule has 0 spiro atoms. The van der Waals surface area contributed by atoms with Gasteiger partial charge in [-0.2, -0.15) is 0 Å². The van der Waals surface area contributed by atoms with Gasteiger partial charge in [0, 0.05) is 6.42 Å². The molecule has 5 nitrogen and oxygen atoms in total. The minimum Gasteiger partial charge on any atom is -0.504 e. The molecule has 0 atom stereocenters. The van der Waals surface area contributed by atoms with Crippen LogP contribution >= 0.6 is 0 Å². The summed E-state index contributed by atoms with van der Waals surface area (Å²) in [6.07, 6.45) is 0.578. The number of rotatable bonds is 1. The quantitative estimate of drug-likeness (QED) is 0.425. The van der Waals surface area contributed by atoms with Crippen molar-refractivity contribution in [2.75, 3.05) is 0 Å². The number of furan rings is 1. The van der Waals surface area contributed by atoms with E-state index in [1.807, 2.05) is 6.92 Å². The van der Waals surface area contributed by atoms with Gasteiger partial charge in [-0.05, 0) is 6.07 Å². The summed E-state index contributed by atoms with van der Waals surface area (Å²) in [6.45, 7) is 1.84. The van der Waals surface area contributed by atoms with Crippen LogP contribution in [0.2, 0.25) is 0 Å². The van der Waals surface area contributed by atoms with E-state index in [0.29, 0.717) is 12.2 Å². The third kappa shape index (κ3) is 1.16. The van der Waals surface area contributed by atoms with Gasteiger partial charge >= 0.3 is 0 Å². The van der Waals surface area contributed by atoms with Gasteiger partial charge in [0.1, 0.15) is 5.76 Å². The minimum atomic E-state index is -0.781. The summed E-state index contributed by atoms with van der Waals surface area (Å²) in [5.74, 6) is -2.05. The predicted octanol–water partition coefficient (Wildman–Crippen LogP) is 1.82. The van der Waals surface area contributed by atoms with Crippen molar-refractivity contribution in [2.24, 2.45) is 0 Å². The average Bonchev–Trinajstić information content (AvgIpc) is 2.67.